The molecule has 128 valence electrons. The summed E-state index contributed by atoms with van der Waals surface area (Å²) in [6.07, 6.45) is 1.55. The van der Waals surface area contributed by atoms with Crippen LogP contribution in [0.4, 0.5) is 5.69 Å². The van der Waals surface area contributed by atoms with Crippen molar-refractivity contribution in [2.24, 2.45) is 0 Å². The van der Waals surface area contributed by atoms with Gasteiger partial charge in [-0.1, -0.05) is 0 Å². The smallest absolute Gasteiger partial charge is 0.225 e. The van der Waals surface area contributed by atoms with Gasteiger partial charge in [-0.05, 0) is 13.5 Å². The molecule has 2 rings (SSSR count). The van der Waals surface area contributed by atoms with E-state index in [1.807, 2.05) is 7.05 Å². The Morgan fingerprint density at radius 3 is 2.57 bits per heavy atom. The van der Waals surface area contributed by atoms with Gasteiger partial charge in [0.25, 0.3) is 0 Å². The average Bonchev–Trinajstić information content (AvgIpc) is 3.05. The fourth-order valence-electron chi connectivity index (χ4n) is 2.54. The molecule has 1 aliphatic heterocycles. The Morgan fingerprint density at radius 2 is 2.00 bits per heavy atom. The summed E-state index contributed by atoms with van der Waals surface area (Å²) in [4.78, 5) is 14.3. The Labute approximate surface area is 137 Å². The number of methoxy groups -OCH3 is 2. The van der Waals surface area contributed by atoms with Gasteiger partial charge < -0.3 is 19.7 Å². The van der Waals surface area contributed by atoms with E-state index < -0.39 is 0 Å². The van der Waals surface area contributed by atoms with Gasteiger partial charge in [-0.15, -0.1) is 0 Å². The van der Waals surface area contributed by atoms with Gasteiger partial charge in [-0.2, -0.15) is 0 Å². The van der Waals surface area contributed by atoms with Crippen LogP contribution in [0.25, 0.3) is 0 Å². The summed E-state index contributed by atoms with van der Waals surface area (Å²) in [5, 5.41) is 2.89. The fraction of sp³-hybridized carbons (Fsp3) is 0.562. The lowest BCUT2D eigenvalue weighted by Crippen LogP contribution is -2.39. The normalized spacial score (nSPS) is 17.3. The number of anilines is 1. The Morgan fingerprint density at radius 1 is 1.30 bits per heavy atom. The molecule has 1 aromatic rings. The number of hydrogen-bond donors (Lipinski definition) is 3. The third kappa shape index (κ3) is 5.70. The lowest BCUT2D eigenvalue weighted by Gasteiger charge is -2.20. The van der Waals surface area contributed by atoms with Crippen LogP contribution in [-0.4, -0.2) is 57.8 Å². The zero-order valence-electron chi connectivity index (χ0n) is 14.0. The zero-order valence-corrected chi connectivity index (χ0v) is 14.0. The molecule has 0 saturated carbocycles. The van der Waals surface area contributed by atoms with Crippen molar-refractivity contribution in [2.45, 2.75) is 18.9 Å². The zero-order chi connectivity index (χ0) is 16.7. The first-order valence-electron chi connectivity index (χ1n) is 7.80. The van der Waals surface area contributed by atoms with E-state index in [4.69, 9.17) is 9.47 Å². The molecule has 7 heteroatoms. The van der Waals surface area contributed by atoms with Crippen molar-refractivity contribution in [3.63, 3.8) is 0 Å². The lowest BCUT2D eigenvalue weighted by atomic mass is 10.2. The molecule has 1 amide bonds. The summed E-state index contributed by atoms with van der Waals surface area (Å²) in [6, 6.07) is 5.77. The molecule has 1 atom stereocenters. The van der Waals surface area contributed by atoms with Crippen LogP contribution in [-0.2, 0) is 4.79 Å². The molecule has 0 aliphatic carbocycles. The van der Waals surface area contributed by atoms with Crippen molar-refractivity contribution in [2.75, 3.05) is 46.2 Å². The maximum absolute atomic E-state index is 12.1. The van der Waals surface area contributed by atoms with E-state index in [0.717, 1.165) is 19.5 Å². The van der Waals surface area contributed by atoms with Gasteiger partial charge in [0.1, 0.15) is 11.5 Å². The van der Waals surface area contributed by atoms with E-state index in [2.05, 4.69) is 21.1 Å². The highest BCUT2D eigenvalue weighted by molar-refractivity contribution is 5.91. The molecule has 1 heterocycles. The van der Waals surface area contributed by atoms with Gasteiger partial charge in [0.15, 0.2) is 0 Å². The minimum Gasteiger partial charge on any atom is -0.497 e. The van der Waals surface area contributed by atoms with E-state index >= 15 is 0 Å². The van der Waals surface area contributed by atoms with Crippen LogP contribution >= 0.6 is 0 Å². The van der Waals surface area contributed by atoms with E-state index in [0.29, 0.717) is 36.2 Å². The summed E-state index contributed by atoms with van der Waals surface area (Å²) in [5.41, 5.74) is 7.01. The van der Waals surface area contributed by atoms with Crippen molar-refractivity contribution in [1.82, 2.24) is 15.8 Å². The fourth-order valence-corrected chi connectivity index (χ4v) is 2.54. The number of hydrogen-bond acceptors (Lipinski definition) is 6. The third-order valence-electron chi connectivity index (χ3n) is 3.81. The number of nitrogens with zero attached hydrogens (tertiary/aromatic N) is 1. The first-order valence-corrected chi connectivity index (χ1v) is 7.80. The molecule has 0 spiro atoms. The van der Waals surface area contributed by atoms with E-state index in [-0.39, 0.29) is 5.91 Å². The molecule has 3 N–H and O–H groups in total. The maximum Gasteiger partial charge on any atom is 0.225 e. The Kier molecular flexibility index (Phi) is 6.64. The minimum absolute atomic E-state index is 0.0235. The molecule has 0 bridgehead atoms. The summed E-state index contributed by atoms with van der Waals surface area (Å²) in [6.45, 7) is 2.63. The highest BCUT2D eigenvalue weighted by Crippen LogP contribution is 2.25. The summed E-state index contributed by atoms with van der Waals surface area (Å²) >= 11 is 0. The van der Waals surface area contributed by atoms with Crippen molar-refractivity contribution < 1.29 is 14.3 Å². The van der Waals surface area contributed by atoms with Crippen LogP contribution in [0.5, 0.6) is 11.5 Å². The predicted octanol–water partition coefficient (Wildman–Crippen LogP) is 0.831. The second-order valence-electron chi connectivity index (χ2n) is 5.72. The summed E-state index contributed by atoms with van der Waals surface area (Å²) < 4.78 is 10.4. The van der Waals surface area contributed by atoms with Gasteiger partial charge in [0.05, 0.1) is 14.2 Å². The number of carbonyl (C=O) groups excluding carboxylic acids is 1. The van der Waals surface area contributed by atoms with Gasteiger partial charge in [-0.25, -0.2) is 0 Å². The number of rotatable bonds is 8. The number of hydrazine groups is 1. The first-order chi connectivity index (χ1) is 11.1. The highest BCUT2D eigenvalue weighted by atomic mass is 16.5. The van der Waals surface area contributed by atoms with Gasteiger partial charge >= 0.3 is 0 Å². The largest absolute Gasteiger partial charge is 0.497 e. The quantitative estimate of drug-likeness (QED) is 0.658. The number of amides is 1. The number of benzene rings is 1. The van der Waals surface area contributed by atoms with Gasteiger partial charge in [0, 0.05) is 56.0 Å². The van der Waals surface area contributed by atoms with Crippen molar-refractivity contribution in [3.8, 4) is 11.5 Å². The van der Waals surface area contributed by atoms with E-state index in [1.165, 1.54) is 0 Å². The Balaban J connectivity index is 1.79. The molecular formula is C16H26N4O3. The molecule has 1 saturated heterocycles. The molecule has 1 unspecified atom stereocenters. The van der Waals surface area contributed by atoms with Crippen LogP contribution in [0.1, 0.15) is 12.8 Å². The topological polar surface area (TPSA) is 74.9 Å². The molecular weight excluding hydrogens is 296 g/mol. The number of ether oxygens (including phenoxy) is 2. The number of likely N-dealkylation sites (N-methyl/N-ethyl adjacent to an activating group) is 1. The highest BCUT2D eigenvalue weighted by Gasteiger charge is 2.16. The molecule has 1 fully saturated rings. The number of carbonyl (C=O) groups is 1. The van der Waals surface area contributed by atoms with Crippen LogP contribution < -0.4 is 25.6 Å². The van der Waals surface area contributed by atoms with E-state index in [1.54, 1.807) is 32.4 Å². The lowest BCUT2D eigenvalue weighted by molar-refractivity contribution is -0.116. The summed E-state index contributed by atoms with van der Waals surface area (Å²) in [5.74, 6) is 1.28. The Bertz CT molecular complexity index is 496. The van der Waals surface area contributed by atoms with Crippen LogP contribution in [0.3, 0.4) is 0 Å². The van der Waals surface area contributed by atoms with Crippen molar-refractivity contribution >= 4 is 11.6 Å². The number of nitrogens with one attached hydrogen (secondary N) is 3. The monoisotopic (exact) mass is 322 g/mol. The molecule has 23 heavy (non-hydrogen) atoms. The van der Waals surface area contributed by atoms with Crippen LogP contribution in [0.2, 0.25) is 0 Å². The molecule has 0 aromatic heterocycles. The van der Waals surface area contributed by atoms with Crippen molar-refractivity contribution in [3.05, 3.63) is 18.2 Å². The third-order valence-corrected chi connectivity index (χ3v) is 3.81. The van der Waals surface area contributed by atoms with Crippen LogP contribution in [0.15, 0.2) is 18.2 Å². The minimum atomic E-state index is -0.0235. The average molecular weight is 322 g/mol. The van der Waals surface area contributed by atoms with Crippen molar-refractivity contribution in [1.29, 1.82) is 0 Å². The van der Waals surface area contributed by atoms with Crippen LogP contribution in [0, 0.1) is 0 Å². The second-order valence-corrected chi connectivity index (χ2v) is 5.72. The summed E-state index contributed by atoms with van der Waals surface area (Å²) in [7, 11) is 5.20. The standard InChI is InChI=1S/C16H26N4O3/c1-20(11-12-4-6-17-19-12)7-5-16(21)18-13-8-14(22-2)10-15(9-13)23-3/h8-10,12,17,19H,4-7,11H2,1-3H3,(H,18,21). The molecule has 0 radical (unpaired) electrons. The molecule has 7 nitrogen and oxygen atoms in total. The second kappa shape index (κ2) is 8.71. The SMILES string of the molecule is COc1cc(NC(=O)CCN(C)CC2CCNN2)cc(OC)c1. The predicted molar refractivity (Wildman–Crippen MR) is 89.8 cm³/mol. The maximum atomic E-state index is 12.1. The molecule has 1 aliphatic rings. The van der Waals surface area contributed by atoms with Gasteiger partial charge in [0.2, 0.25) is 5.91 Å². The first kappa shape index (κ1) is 17.5. The van der Waals surface area contributed by atoms with Gasteiger partial charge in [-0.3, -0.25) is 15.6 Å². The molecule has 1 aromatic carbocycles. The Hall–Kier alpha value is -1.83. The van der Waals surface area contributed by atoms with E-state index in [9.17, 15) is 4.79 Å².